The molecule has 3 atom stereocenters. The minimum absolute atomic E-state index is 0.233. The van der Waals surface area contributed by atoms with E-state index >= 15 is 0 Å². The number of piperidine rings is 1. The molecule has 0 aliphatic carbocycles. The van der Waals surface area contributed by atoms with Crippen LogP contribution in [0.2, 0.25) is 0 Å². The first-order valence-corrected chi connectivity index (χ1v) is 7.10. The molecule has 0 spiro atoms. The highest BCUT2D eigenvalue weighted by Gasteiger charge is 2.33. The van der Waals surface area contributed by atoms with Gasteiger partial charge in [0.1, 0.15) is 0 Å². The minimum atomic E-state index is 0.233. The summed E-state index contributed by atoms with van der Waals surface area (Å²) in [5.74, 6) is 2.05. The molecule has 0 aromatic rings. The van der Waals surface area contributed by atoms with E-state index in [4.69, 9.17) is 0 Å². The third kappa shape index (κ3) is 3.01. The van der Waals surface area contributed by atoms with E-state index in [1.807, 2.05) is 0 Å². The molecule has 3 unspecified atom stereocenters. The van der Waals surface area contributed by atoms with Crippen LogP contribution in [0.3, 0.4) is 0 Å². The van der Waals surface area contributed by atoms with Crippen molar-refractivity contribution in [1.82, 2.24) is 10.2 Å². The number of carbonyl (C=O) groups excluding carboxylic acids is 1. The maximum atomic E-state index is 12.4. The van der Waals surface area contributed by atoms with Gasteiger partial charge in [0.2, 0.25) is 5.91 Å². The number of hydrogen-bond donors (Lipinski definition) is 1. The lowest BCUT2D eigenvalue weighted by Crippen LogP contribution is -2.45. The molecule has 3 nitrogen and oxygen atoms in total. The van der Waals surface area contributed by atoms with Crippen molar-refractivity contribution < 1.29 is 4.79 Å². The molecule has 3 heteroatoms. The highest BCUT2D eigenvalue weighted by Crippen LogP contribution is 2.26. The summed E-state index contributed by atoms with van der Waals surface area (Å²) in [6.45, 7) is 9.58. The first kappa shape index (κ1) is 12.9. The van der Waals surface area contributed by atoms with Gasteiger partial charge in [0.25, 0.3) is 0 Å². The van der Waals surface area contributed by atoms with Gasteiger partial charge in [-0.25, -0.2) is 0 Å². The SMILES string of the molecule is CC1CCC(C(=O)N2CCC(C(C)C)C2)CN1. The van der Waals surface area contributed by atoms with Gasteiger partial charge in [-0.1, -0.05) is 13.8 Å². The van der Waals surface area contributed by atoms with Crippen LogP contribution in [-0.4, -0.2) is 36.5 Å². The number of rotatable bonds is 2. The molecule has 98 valence electrons. The number of nitrogens with zero attached hydrogens (tertiary/aromatic N) is 1. The van der Waals surface area contributed by atoms with Gasteiger partial charge < -0.3 is 10.2 Å². The van der Waals surface area contributed by atoms with E-state index in [-0.39, 0.29) is 5.92 Å². The summed E-state index contributed by atoms with van der Waals surface area (Å²) < 4.78 is 0. The Labute approximate surface area is 105 Å². The molecule has 2 rings (SSSR count). The number of hydrogen-bond acceptors (Lipinski definition) is 2. The highest BCUT2D eigenvalue weighted by atomic mass is 16.2. The fourth-order valence-electron chi connectivity index (χ4n) is 3.00. The average molecular weight is 238 g/mol. The second-order valence-corrected chi connectivity index (χ2v) is 6.16. The Hall–Kier alpha value is -0.570. The third-order valence-corrected chi connectivity index (χ3v) is 4.49. The number of nitrogens with one attached hydrogen (secondary N) is 1. The van der Waals surface area contributed by atoms with Crippen molar-refractivity contribution in [2.45, 2.75) is 46.1 Å². The lowest BCUT2D eigenvalue weighted by Gasteiger charge is -2.30. The summed E-state index contributed by atoms with van der Waals surface area (Å²) in [6.07, 6.45) is 3.40. The Morgan fingerprint density at radius 2 is 2.06 bits per heavy atom. The molecule has 0 aromatic carbocycles. The molecule has 2 fully saturated rings. The summed E-state index contributed by atoms with van der Waals surface area (Å²) in [4.78, 5) is 14.5. The monoisotopic (exact) mass is 238 g/mol. The van der Waals surface area contributed by atoms with E-state index in [1.165, 1.54) is 6.42 Å². The van der Waals surface area contributed by atoms with Crippen LogP contribution >= 0.6 is 0 Å². The molecule has 17 heavy (non-hydrogen) atoms. The smallest absolute Gasteiger partial charge is 0.226 e. The predicted molar refractivity (Wildman–Crippen MR) is 69.7 cm³/mol. The first-order valence-electron chi connectivity index (χ1n) is 7.10. The Morgan fingerprint density at radius 1 is 1.29 bits per heavy atom. The van der Waals surface area contributed by atoms with Crippen LogP contribution in [0.5, 0.6) is 0 Å². The summed E-state index contributed by atoms with van der Waals surface area (Å²) in [5.41, 5.74) is 0. The zero-order valence-corrected chi connectivity index (χ0v) is 11.4. The fraction of sp³-hybridized carbons (Fsp3) is 0.929. The molecule has 0 aromatic heterocycles. The van der Waals surface area contributed by atoms with Crippen molar-refractivity contribution in [2.75, 3.05) is 19.6 Å². The van der Waals surface area contributed by atoms with Crippen LogP contribution in [0.15, 0.2) is 0 Å². The van der Waals surface area contributed by atoms with Crippen molar-refractivity contribution in [3.63, 3.8) is 0 Å². The molecule has 2 heterocycles. The van der Waals surface area contributed by atoms with Crippen molar-refractivity contribution in [2.24, 2.45) is 17.8 Å². The van der Waals surface area contributed by atoms with E-state index in [0.29, 0.717) is 17.9 Å². The second kappa shape index (κ2) is 5.38. The van der Waals surface area contributed by atoms with Crippen molar-refractivity contribution in [3.05, 3.63) is 0 Å². The summed E-state index contributed by atoms with van der Waals surface area (Å²) in [7, 11) is 0. The molecule has 2 aliphatic rings. The first-order chi connectivity index (χ1) is 8.08. The highest BCUT2D eigenvalue weighted by molar-refractivity contribution is 5.79. The molecule has 2 aliphatic heterocycles. The molecular formula is C14H26N2O. The number of amides is 1. The maximum Gasteiger partial charge on any atom is 0.226 e. The van der Waals surface area contributed by atoms with Gasteiger partial charge in [-0.15, -0.1) is 0 Å². The number of carbonyl (C=O) groups is 1. The predicted octanol–water partition coefficient (Wildman–Crippen LogP) is 1.88. The molecule has 2 saturated heterocycles. The Morgan fingerprint density at radius 3 is 2.59 bits per heavy atom. The normalized spacial score (nSPS) is 34.4. The van der Waals surface area contributed by atoms with Crippen LogP contribution < -0.4 is 5.32 Å². The summed E-state index contributed by atoms with van der Waals surface area (Å²) >= 11 is 0. The standard InChI is InChI=1S/C14H26N2O/c1-10(2)13-6-7-16(9-13)14(17)12-5-4-11(3)15-8-12/h10-13,15H,4-9H2,1-3H3. The van der Waals surface area contributed by atoms with Gasteiger partial charge in [-0.05, 0) is 38.0 Å². The van der Waals surface area contributed by atoms with Gasteiger partial charge in [0, 0.05) is 25.7 Å². The van der Waals surface area contributed by atoms with E-state index in [9.17, 15) is 4.79 Å². The van der Waals surface area contributed by atoms with Crippen LogP contribution in [0.1, 0.15) is 40.0 Å². The third-order valence-electron chi connectivity index (χ3n) is 4.49. The number of likely N-dealkylation sites (tertiary alicyclic amines) is 1. The van der Waals surface area contributed by atoms with E-state index in [1.54, 1.807) is 0 Å². The fourth-order valence-corrected chi connectivity index (χ4v) is 3.00. The molecule has 0 saturated carbocycles. The van der Waals surface area contributed by atoms with Gasteiger partial charge in [-0.2, -0.15) is 0 Å². The molecule has 1 N–H and O–H groups in total. The second-order valence-electron chi connectivity index (χ2n) is 6.16. The lowest BCUT2D eigenvalue weighted by molar-refractivity contribution is -0.135. The summed E-state index contributed by atoms with van der Waals surface area (Å²) in [6, 6.07) is 0.584. The van der Waals surface area contributed by atoms with Crippen molar-refractivity contribution in [1.29, 1.82) is 0 Å². The summed E-state index contributed by atoms with van der Waals surface area (Å²) in [5, 5.41) is 3.42. The topological polar surface area (TPSA) is 32.3 Å². The van der Waals surface area contributed by atoms with E-state index in [0.717, 1.165) is 38.4 Å². The molecular weight excluding hydrogens is 212 g/mol. The quantitative estimate of drug-likeness (QED) is 0.796. The maximum absolute atomic E-state index is 12.4. The van der Waals surface area contributed by atoms with Gasteiger partial charge in [-0.3, -0.25) is 4.79 Å². The van der Waals surface area contributed by atoms with Crippen LogP contribution in [0, 0.1) is 17.8 Å². The van der Waals surface area contributed by atoms with E-state index < -0.39 is 0 Å². The van der Waals surface area contributed by atoms with Gasteiger partial charge in [0.15, 0.2) is 0 Å². The largest absolute Gasteiger partial charge is 0.342 e. The van der Waals surface area contributed by atoms with Crippen LogP contribution in [0.4, 0.5) is 0 Å². The average Bonchev–Trinajstić information content (AvgIpc) is 2.78. The molecule has 0 bridgehead atoms. The minimum Gasteiger partial charge on any atom is -0.342 e. The zero-order valence-electron chi connectivity index (χ0n) is 11.4. The van der Waals surface area contributed by atoms with Crippen molar-refractivity contribution >= 4 is 5.91 Å². The van der Waals surface area contributed by atoms with Gasteiger partial charge >= 0.3 is 0 Å². The Bertz CT molecular complexity index is 269. The van der Waals surface area contributed by atoms with Gasteiger partial charge in [0.05, 0.1) is 5.92 Å². The van der Waals surface area contributed by atoms with Crippen LogP contribution in [-0.2, 0) is 4.79 Å². The zero-order chi connectivity index (χ0) is 12.4. The lowest BCUT2D eigenvalue weighted by atomic mass is 9.94. The van der Waals surface area contributed by atoms with Crippen LogP contribution in [0.25, 0.3) is 0 Å². The Balaban J connectivity index is 1.84. The molecule has 1 amide bonds. The van der Waals surface area contributed by atoms with E-state index in [2.05, 4.69) is 31.0 Å². The Kier molecular flexibility index (Phi) is 4.08. The molecule has 0 radical (unpaired) electrons. The van der Waals surface area contributed by atoms with Crippen molar-refractivity contribution in [3.8, 4) is 0 Å².